The Balaban J connectivity index is 1.80. The fourth-order valence-corrected chi connectivity index (χ4v) is 3.24. The Bertz CT molecular complexity index is 614. The summed E-state index contributed by atoms with van der Waals surface area (Å²) in [5.41, 5.74) is 7.62. The number of nitrogens with two attached hydrogens (primary N) is 1. The predicted molar refractivity (Wildman–Crippen MR) is 82.5 cm³/mol. The van der Waals surface area contributed by atoms with Crippen molar-refractivity contribution in [2.45, 2.75) is 38.2 Å². The molecule has 1 saturated heterocycles. The van der Waals surface area contributed by atoms with E-state index in [-0.39, 0.29) is 12.5 Å². The zero-order valence-electron chi connectivity index (χ0n) is 12.9. The molecule has 2 amide bonds. The predicted octanol–water partition coefficient (Wildman–Crippen LogP) is 1.28. The molecule has 2 aliphatic rings. The van der Waals surface area contributed by atoms with Crippen LogP contribution in [0.1, 0.15) is 41.3 Å². The number of benzene rings is 1. The van der Waals surface area contributed by atoms with Gasteiger partial charge in [-0.3, -0.25) is 9.59 Å². The molecule has 0 saturated carbocycles. The number of fused-ring (bicyclic) bond motifs is 1. The summed E-state index contributed by atoms with van der Waals surface area (Å²) < 4.78 is 5.47. The minimum absolute atomic E-state index is 0.0517. The zero-order valence-corrected chi connectivity index (χ0v) is 12.9. The summed E-state index contributed by atoms with van der Waals surface area (Å²) in [5, 5.41) is 0. The first-order valence-corrected chi connectivity index (χ1v) is 7.84. The van der Waals surface area contributed by atoms with Crippen LogP contribution >= 0.6 is 0 Å². The lowest BCUT2D eigenvalue weighted by molar-refractivity contribution is -0.150. The third-order valence-electron chi connectivity index (χ3n) is 4.68. The molecule has 1 aliphatic carbocycles. The first-order chi connectivity index (χ1) is 10.5. The Morgan fingerprint density at radius 3 is 2.68 bits per heavy atom. The van der Waals surface area contributed by atoms with E-state index in [1.165, 1.54) is 24.0 Å². The summed E-state index contributed by atoms with van der Waals surface area (Å²) in [7, 11) is 0. The van der Waals surface area contributed by atoms with Crippen LogP contribution in [0.5, 0.6) is 0 Å². The minimum Gasteiger partial charge on any atom is -0.367 e. The molecule has 5 heteroatoms. The van der Waals surface area contributed by atoms with Gasteiger partial charge in [-0.2, -0.15) is 0 Å². The molecule has 1 atom stereocenters. The molecule has 1 aromatic rings. The fourth-order valence-electron chi connectivity index (χ4n) is 3.24. The Morgan fingerprint density at radius 2 is 1.95 bits per heavy atom. The van der Waals surface area contributed by atoms with E-state index in [0.717, 1.165) is 12.8 Å². The quantitative estimate of drug-likeness (QED) is 0.894. The molecule has 1 aromatic carbocycles. The second-order valence-electron chi connectivity index (χ2n) is 6.36. The maximum Gasteiger partial charge on any atom is 0.254 e. The molecular weight excluding hydrogens is 280 g/mol. The molecule has 0 unspecified atom stereocenters. The number of hydrogen-bond donors (Lipinski definition) is 1. The second-order valence-corrected chi connectivity index (χ2v) is 6.36. The molecule has 0 radical (unpaired) electrons. The van der Waals surface area contributed by atoms with Crippen molar-refractivity contribution >= 4 is 11.8 Å². The first kappa shape index (κ1) is 15.0. The van der Waals surface area contributed by atoms with Crippen LogP contribution in [0.3, 0.4) is 0 Å². The molecule has 5 nitrogen and oxygen atoms in total. The van der Waals surface area contributed by atoms with Crippen LogP contribution in [-0.2, 0) is 22.4 Å². The van der Waals surface area contributed by atoms with Gasteiger partial charge >= 0.3 is 0 Å². The summed E-state index contributed by atoms with van der Waals surface area (Å²) in [6.07, 6.45) is 4.54. The Morgan fingerprint density at radius 1 is 1.23 bits per heavy atom. The van der Waals surface area contributed by atoms with E-state index in [0.29, 0.717) is 18.7 Å². The van der Waals surface area contributed by atoms with Crippen LogP contribution in [0.2, 0.25) is 0 Å². The number of rotatable bonds is 2. The van der Waals surface area contributed by atoms with Gasteiger partial charge in [-0.15, -0.1) is 0 Å². The van der Waals surface area contributed by atoms with E-state index in [4.69, 9.17) is 10.5 Å². The minimum atomic E-state index is -1.10. The highest BCUT2D eigenvalue weighted by Gasteiger charge is 2.39. The normalized spacial score (nSPS) is 24.7. The number of nitrogens with zero attached hydrogens (tertiary/aromatic N) is 1. The maximum atomic E-state index is 12.7. The van der Waals surface area contributed by atoms with Crippen molar-refractivity contribution in [3.63, 3.8) is 0 Å². The number of ether oxygens (including phenoxy) is 1. The lowest BCUT2D eigenvalue weighted by Crippen LogP contribution is -2.58. The highest BCUT2D eigenvalue weighted by atomic mass is 16.5. The Labute approximate surface area is 130 Å². The molecule has 0 aromatic heterocycles. The van der Waals surface area contributed by atoms with Crippen molar-refractivity contribution in [3.05, 3.63) is 34.9 Å². The number of primary amides is 1. The monoisotopic (exact) mass is 302 g/mol. The highest BCUT2D eigenvalue weighted by Crippen LogP contribution is 2.24. The van der Waals surface area contributed by atoms with Crippen LogP contribution in [0, 0.1) is 0 Å². The van der Waals surface area contributed by atoms with E-state index >= 15 is 0 Å². The van der Waals surface area contributed by atoms with Gasteiger partial charge in [-0.1, -0.05) is 6.07 Å². The maximum absolute atomic E-state index is 12.7. The molecule has 0 bridgehead atoms. The van der Waals surface area contributed by atoms with E-state index < -0.39 is 11.5 Å². The number of hydrogen-bond acceptors (Lipinski definition) is 3. The molecule has 2 N–H and O–H groups in total. The van der Waals surface area contributed by atoms with Gasteiger partial charge in [0.15, 0.2) is 5.60 Å². The third-order valence-corrected chi connectivity index (χ3v) is 4.68. The summed E-state index contributed by atoms with van der Waals surface area (Å²) in [6, 6.07) is 5.97. The highest BCUT2D eigenvalue weighted by molar-refractivity contribution is 5.95. The van der Waals surface area contributed by atoms with Crippen molar-refractivity contribution in [2.24, 2.45) is 5.73 Å². The largest absolute Gasteiger partial charge is 0.367 e. The standard InChI is InChI=1S/C17H22N2O3/c1-17(16(18)21)11-19(8-9-22-17)15(20)14-7-6-12-4-2-3-5-13(12)10-14/h6-7,10H,2-5,8-9,11H2,1H3,(H2,18,21)/t17-/m0/s1. The van der Waals surface area contributed by atoms with Crippen LogP contribution in [-0.4, -0.2) is 42.0 Å². The molecule has 1 fully saturated rings. The molecule has 1 heterocycles. The average molecular weight is 302 g/mol. The van der Waals surface area contributed by atoms with Crippen molar-refractivity contribution in [2.75, 3.05) is 19.7 Å². The second kappa shape index (κ2) is 5.72. The SMILES string of the molecule is C[C@@]1(C(N)=O)CN(C(=O)c2ccc3c(c2)CCCC3)CCO1. The van der Waals surface area contributed by atoms with Gasteiger partial charge < -0.3 is 15.4 Å². The van der Waals surface area contributed by atoms with E-state index in [1.807, 2.05) is 12.1 Å². The molecule has 1 aliphatic heterocycles. The van der Waals surface area contributed by atoms with E-state index in [2.05, 4.69) is 6.07 Å². The third kappa shape index (κ3) is 2.73. The molecule has 118 valence electrons. The lowest BCUT2D eigenvalue weighted by atomic mass is 9.90. The molecule has 3 rings (SSSR count). The lowest BCUT2D eigenvalue weighted by Gasteiger charge is -2.38. The van der Waals surface area contributed by atoms with Gasteiger partial charge in [0.05, 0.1) is 13.2 Å². The summed E-state index contributed by atoms with van der Waals surface area (Å²) in [5.74, 6) is -0.584. The van der Waals surface area contributed by atoms with E-state index in [1.54, 1.807) is 11.8 Å². The molecule has 0 spiro atoms. The first-order valence-electron chi connectivity index (χ1n) is 7.84. The number of amides is 2. The topological polar surface area (TPSA) is 72.6 Å². The smallest absolute Gasteiger partial charge is 0.254 e. The number of aryl methyl sites for hydroxylation is 2. The van der Waals surface area contributed by atoms with E-state index in [9.17, 15) is 9.59 Å². The summed E-state index contributed by atoms with van der Waals surface area (Å²) in [4.78, 5) is 25.9. The van der Waals surface area contributed by atoms with Crippen molar-refractivity contribution < 1.29 is 14.3 Å². The van der Waals surface area contributed by atoms with Crippen molar-refractivity contribution in [1.82, 2.24) is 4.90 Å². The zero-order chi connectivity index (χ0) is 15.7. The fraction of sp³-hybridized carbons (Fsp3) is 0.529. The van der Waals surface area contributed by atoms with Gasteiger partial charge in [0.2, 0.25) is 0 Å². The van der Waals surface area contributed by atoms with Crippen molar-refractivity contribution in [1.29, 1.82) is 0 Å². The van der Waals surface area contributed by atoms with Gasteiger partial charge in [0, 0.05) is 12.1 Å². The van der Waals surface area contributed by atoms with Crippen molar-refractivity contribution in [3.8, 4) is 0 Å². The van der Waals surface area contributed by atoms with Crippen LogP contribution < -0.4 is 5.73 Å². The van der Waals surface area contributed by atoms with Crippen LogP contribution in [0.25, 0.3) is 0 Å². The number of morpholine rings is 1. The molecule has 22 heavy (non-hydrogen) atoms. The Hall–Kier alpha value is -1.88. The van der Waals surface area contributed by atoms with Crippen LogP contribution in [0.4, 0.5) is 0 Å². The van der Waals surface area contributed by atoms with Crippen LogP contribution in [0.15, 0.2) is 18.2 Å². The average Bonchev–Trinajstić information content (AvgIpc) is 2.53. The number of carbonyl (C=O) groups is 2. The Kier molecular flexibility index (Phi) is 3.91. The van der Waals surface area contributed by atoms with Gasteiger partial charge in [0.1, 0.15) is 0 Å². The van der Waals surface area contributed by atoms with Gasteiger partial charge in [-0.25, -0.2) is 0 Å². The summed E-state index contributed by atoms with van der Waals surface area (Å²) in [6.45, 7) is 2.66. The van der Waals surface area contributed by atoms with Gasteiger partial charge in [-0.05, 0) is 55.9 Å². The summed E-state index contributed by atoms with van der Waals surface area (Å²) >= 11 is 0. The number of carbonyl (C=O) groups excluding carboxylic acids is 2. The molecular formula is C17H22N2O3. The van der Waals surface area contributed by atoms with Gasteiger partial charge in [0.25, 0.3) is 11.8 Å².